The van der Waals surface area contributed by atoms with Crippen LogP contribution in [-0.4, -0.2) is 45.4 Å². The topological polar surface area (TPSA) is 34.2 Å². The summed E-state index contributed by atoms with van der Waals surface area (Å²) >= 11 is 0. The van der Waals surface area contributed by atoms with Gasteiger partial charge in [-0.25, -0.2) is 0 Å². The maximum Gasteiger partial charge on any atom is 0.119 e. The van der Waals surface area contributed by atoms with Crippen molar-refractivity contribution in [1.29, 1.82) is 0 Å². The van der Waals surface area contributed by atoms with Crippen LogP contribution < -0.4 is 19.1 Å². The second kappa shape index (κ2) is 10.5. The van der Waals surface area contributed by atoms with Crippen LogP contribution in [-0.2, 0) is 13.0 Å². The molecule has 1 fully saturated rings. The van der Waals surface area contributed by atoms with Crippen LogP contribution in [0.15, 0.2) is 60.7 Å². The Labute approximate surface area is 220 Å². The number of rotatable bonds is 7. The van der Waals surface area contributed by atoms with E-state index in [1.165, 1.54) is 71.6 Å². The van der Waals surface area contributed by atoms with E-state index in [1.807, 2.05) is 0 Å². The first-order valence-corrected chi connectivity index (χ1v) is 13.5. The van der Waals surface area contributed by atoms with Crippen molar-refractivity contribution in [3.63, 3.8) is 0 Å². The fourth-order valence-corrected chi connectivity index (χ4v) is 6.04. The maximum absolute atomic E-state index is 6.12. The zero-order valence-electron chi connectivity index (χ0n) is 22.0. The fraction of sp³-hybridized carbons (Fsp3) is 0.375. The molecule has 0 aromatic heterocycles. The summed E-state index contributed by atoms with van der Waals surface area (Å²) in [6, 6.07) is 21.6. The molecule has 0 radical (unpaired) electrons. The van der Waals surface area contributed by atoms with E-state index in [1.54, 1.807) is 14.2 Å². The molecule has 2 aliphatic heterocycles. The third-order valence-electron chi connectivity index (χ3n) is 8.01. The Morgan fingerprint density at radius 2 is 1.38 bits per heavy atom. The van der Waals surface area contributed by atoms with Crippen molar-refractivity contribution in [3.8, 4) is 17.2 Å². The van der Waals surface area contributed by atoms with Crippen LogP contribution in [0, 0.1) is 0 Å². The van der Waals surface area contributed by atoms with E-state index in [0.717, 1.165) is 49.8 Å². The van der Waals surface area contributed by atoms with Gasteiger partial charge in [-0.1, -0.05) is 12.5 Å². The van der Waals surface area contributed by atoms with Crippen LogP contribution in [0.4, 0.5) is 5.69 Å². The summed E-state index contributed by atoms with van der Waals surface area (Å²) in [6.45, 7) is 4.94. The molecule has 0 bridgehead atoms. The van der Waals surface area contributed by atoms with E-state index in [9.17, 15) is 0 Å². The standard InChI is InChI=1S/C32H36N2O3/c1-35-27-12-15-30-23(20-27)6-13-31-29-14-11-28(36-2)21-24(29)22-34(32(30)31)25-7-9-26(10-8-25)37-19-18-33-16-4-3-5-17-33/h7-12,14-15,20-21H,3-6,13,16-19,22H2,1-2H3. The molecule has 0 saturated carbocycles. The molecule has 1 saturated heterocycles. The number of nitrogens with zero attached hydrogens (tertiary/aromatic N) is 2. The third-order valence-corrected chi connectivity index (χ3v) is 8.01. The van der Waals surface area contributed by atoms with E-state index >= 15 is 0 Å². The van der Waals surface area contributed by atoms with Gasteiger partial charge < -0.3 is 19.1 Å². The lowest BCUT2D eigenvalue weighted by Gasteiger charge is -2.39. The first-order valence-electron chi connectivity index (χ1n) is 13.5. The molecule has 2 heterocycles. The number of ether oxygens (including phenoxy) is 3. The van der Waals surface area contributed by atoms with E-state index in [4.69, 9.17) is 14.2 Å². The minimum absolute atomic E-state index is 0.737. The molecule has 0 amide bonds. The Morgan fingerprint density at radius 3 is 2.11 bits per heavy atom. The Hall–Kier alpha value is -3.44. The van der Waals surface area contributed by atoms with Crippen molar-refractivity contribution in [1.82, 2.24) is 4.90 Å². The number of aryl methyl sites for hydroxylation is 1. The second-order valence-electron chi connectivity index (χ2n) is 10.2. The molecule has 0 spiro atoms. The Kier molecular flexibility index (Phi) is 6.79. The van der Waals surface area contributed by atoms with Crippen LogP contribution in [0.5, 0.6) is 17.2 Å². The van der Waals surface area contributed by atoms with Crippen LogP contribution in [0.25, 0.3) is 11.3 Å². The molecule has 0 atom stereocenters. The predicted octanol–water partition coefficient (Wildman–Crippen LogP) is 6.40. The quantitative estimate of drug-likeness (QED) is 0.378. The van der Waals surface area contributed by atoms with E-state index in [2.05, 4.69) is 70.5 Å². The highest BCUT2D eigenvalue weighted by Crippen LogP contribution is 2.47. The van der Waals surface area contributed by atoms with Crippen molar-refractivity contribution in [2.45, 2.75) is 38.6 Å². The maximum atomic E-state index is 6.12. The summed E-state index contributed by atoms with van der Waals surface area (Å²) in [6.07, 6.45) is 6.00. The van der Waals surface area contributed by atoms with Gasteiger partial charge in [-0.05, 0) is 116 Å². The highest BCUT2D eigenvalue weighted by Gasteiger charge is 2.31. The van der Waals surface area contributed by atoms with Gasteiger partial charge in [0.2, 0.25) is 0 Å². The van der Waals surface area contributed by atoms with Gasteiger partial charge in [-0.15, -0.1) is 0 Å². The van der Waals surface area contributed by atoms with E-state index in [-0.39, 0.29) is 0 Å². The molecule has 6 rings (SSSR count). The molecule has 37 heavy (non-hydrogen) atoms. The number of methoxy groups -OCH3 is 2. The average Bonchev–Trinajstić information content (AvgIpc) is 2.96. The number of hydrogen-bond donors (Lipinski definition) is 0. The molecular formula is C32H36N2O3. The summed E-state index contributed by atoms with van der Waals surface area (Å²) < 4.78 is 17.2. The summed E-state index contributed by atoms with van der Waals surface area (Å²) in [5.74, 6) is 2.75. The Balaban J connectivity index is 1.30. The molecule has 1 aliphatic carbocycles. The van der Waals surface area contributed by atoms with Gasteiger partial charge in [0, 0.05) is 24.3 Å². The van der Waals surface area contributed by atoms with E-state index < -0.39 is 0 Å². The average molecular weight is 497 g/mol. The van der Waals surface area contributed by atoms with Crippen molar-refractivity contribution >= 4 is 17.0 Å². The van der Waals surface area contributed by atoms with Crippen molar-refractivity contribution in [2.24, 2.45) is 0 Å². The number of likely N-dealkylation sites (tertiary alicyclic amines) is 1. The molecule has 0 unspecified atom stereocenters. The molecule has 5 heteroatoms. The fourth-order valence-electron chi connectivity index (χ4n) is 6.04. The highest BCUT2D eigenvalue weighted by atomic mass is 16.5. The molecule has 192 valence electrons. The number of hydrogen-bond acceptors (Lipinski definition) is 5. The van der Waals surface area contributed by atoms with Gasteiger partial charge in [-0.3, -0.25) is 4.90 Å². The molecular weight excluding hydrogens is 460 g/mol. The minimum Gasteiger partial charge on any atom is -0.497 e. The first kappa shape index (κ1) is 23.9. The molecule has 5 nitrogen and oxygen atoms in total. The van der Waals surface area contributed by atoms with Crippen molar-refractivity contribution in [3.05, 3.63) is 82.9 Å². The zero-order chi connectivity index (χ0) is 25.2. The number of benzene rings is 3. The minimum atomic E-state index is 0.737. The highest BCUT2D eigenvalue weighted by molar-refractivity contribution is 6.01. The molecule has 3 aromatic carbocycles. The summed E-state index contributed by atoms with van der Waals surface area (Å²) in [5.41, 5.74) is 9.17. The normalized spacial score (nSPS) is 17.1. The van der Waals surface area contributed by atoms with Crippen molar-refractivity contribution in [2.75, 3.05) is 45.4 Å². The summed E-state index contributed by atoms with van der Waals surface area (Å²) in [5, 5.41) is 0. The van der Waals surface area contributed by atoms with Gasteiger partial charge in [-0.2, -0.15) is 0 Å². The number of allylic oxidation sites excluding steroid dienone is 1. The molecule has 3 aliphatic rings. The Morgan fingerprint density at radius 1 is 0.703 bits per heavy atom. The van der Waals surface area contributed by atoms with Crippen LogP contribution in [0.1, 0.15) is 47.9 Å². The summed E-state index contributed by atoms with van der Waals surface area (Å²) in [4.78, 5) is 4.97. The van der Waals surface area contributed by atoms with Crippen LogP contribution in [0.3, 0.4) is 0 Å². The SMILES string of the molecule is COc1ccc2c(c1)CN(c1ccc(OCCN3CCCCC3)cc1)C1=C2CCc2cc(OC)ccc21. The smallest absolute Gasteiger partial charge is 0.119 e. The van der Waals surface area contributed by atoms with E-state index in [0.29, 0.717) is 0 Å². The van der Waals surface area contributed by atoms with Gasteiger partial charge >= 0.3 is 0 Å². The monoisotopic (exact) mass is 496 g/mol. The molecule has 0 N–H and O–H groups in total. The Bertz CT molecular complexity index is 1290. The largest absolute Gasteiger partial charge is 0.497 e. The second-order valence-corrected chi connectivity index (χ2v) is 10.2. The molecule has 3 aromatic rings. The first-order chi connectivity index (χ1) is 18.2. The van der Waals surface area contributed by atoms with Gasteiger partial charge in [0.25, 0.3) is 0 Å². The predicted molar refractivity (Wildman–Crippen MR) is 150 cm³/mol. The van der Waals surface area contributed by atoms with Crippen LogP contribution in [0.2, 0.25) is 0 Å². The number of piperidine rings is 1. The van der Waals surface area contributed by atoms with Gasteiger partial charge in [0.1, 0.15) is 23.9 Å². The summed E-state index contributed by atoms with van der Waals surface area (Å²) in [7, 11) is 3.48. The lowest BCUT2D eigenvalue weighted by atomic mass is 9.81. The van der Waals surface area contributed by atoms with Crippen molar-refractivity contribution < 1.29 is 14.2 Å². The number of fused-ring (bicyclic) bond motifs is 4. The van der Waals surface area contributed by atoms with Gasteiger partial charge in [0.15, 0.2) is 0 Å². The lowest BCUT2D eigenvalue weighted by molar-refractivity contribution is 0.183. The number of anilines is 1. The van der Waals surface area contributed by atoms with Crippen LogP contribution >= 0.6 is 0 Å². The zero-order valence-corrected chi connectivity index (χ0v) is 22.0. The third kappa shape index (κ3) is 4.80. The van der Waals surface area contributed by atoms with Gasteiger partial charge in [0.05, 0.1) is 19.9 Å². The lowest BCUT2D eigenvalue weighted by Crippen LogP contribution is -2.33.